The van der Waals surface area contributed by atoms with Crippen LogP contribution in [0.1, 0.15) is 20.3 Å². The van der Waals surface area contributed by atoms with Crippen LogP contribution in [0.5, 0.6) is 0 Å². The second kappa shape index (κ2) is 6.45. The number of pyridine rings is 1. The van der Waals surface area contributed by atoms with E-state index in [4.69, 9.17) is 11.6 Å². The van der Waals surface area contributed by atoms with Crippen molar-refractivity contribution in [3.63, 3.8) is 0 Å². The van der Waals surface area contributed by atoms with E-state index in [0.717, 1.165) is 6.54 Å². The second-order valence-electron chi connectivity index (χ2n) is 3.57. The Morgan fingerprint density at radius 1 is 1.62 bits per heavy atom. The fourth-order valence-electron chi connectivity index (χ4n) is 1.37. The van der Waals surface area contributed by atoms with Crippen LogP contribution in [0.2, 0.25) is 5.02 Å². The predicted octanol–water partition coefficient (Wildman–Crippen LogP) is 2.06. The molecule has 1 unspecified atom stereocenters. The summed E-state index contributed by atoms with van der Waals surface area (Å²) in [4.78, 5) is 15.5. The third kappa shape index (κ3) is 4.16. The van der Waals surface area contributed by atoms with Crippen molar-refractivity contribution < 1.29 is 4.79 Å². The molecule has 1 rings (SSSR count). The van der Waals surface area contributed by atoms with Gasteiger partial charge in [0.15, 0.2) is 0 Å². The molecule has 5 heteroatoms. The van der Waals surface area contributed by atoms with E-state index in [1.54, 1.807) is 12.3 Å². The lowest BCUT2D eigenvalue weighted by molar-refractivity contribution is -0.116. The van der Waals surface area contributed by atoms with E-state index < -0.39 is 0 Å². The van der Waals surface area contributed by atoms with Gasteiger partial charge in [-0.2, -0.15) is 0 Å². The van der Waals surface area contributed by atoms with Crippen molar-refractivity contribution in [2.75, 3.05) is 11.9 Å². The van der Waals surface area contributed by atoms with Gasteiger partial charge >= 0.3 is 0 Å². The third-order valence-electron chi connectivity index (χ3n) is 2.09. The van der Waals surface area contributed by atoms with E-state index in [2.05, 4.69) is 15.6 Å². The maximum atomic E-state index is 11.6. The van der Waals surface area contributed by atoms with Gasteiger partial charge in [-0.1, -0.05) is 18.5 Å². The number of nitrogens with zero attached hydrogens (tertiary/aromatic N) is 1. The van der Waals surface area contributed by atoms with Crippen LogP contribution in [-0.2, 0) is 4.79 Å². The van der Waals surface area contributed by atoms with Gasteiger partial charge in [0.2, 0.25) is 5.91 Å². The van der Waals surface area contributed by atoms with E-state index in [1.807, 2.05) is 13.8 Å². The molecule has 0 saturated carbocycles. The number of hydrogen-bond donors (Lipinski definition) is 2. The zero-order chi connectivity index (χ0) is 12.0. The molecule has 1 atom stereocenters. The molecule has 1 aromatic rings. The van der Waals surface area contributed by atoms with Crippen LogP contribution in [0.15, 0.2) is 18.5 Å². The van der Waals surface area contributed by atoms with Crippen molar-refractivity contribution in [2.45, 2.75) is 26.3 Å². The molecule has 0 radical (unpaired) electrons. The van der Waals surface area contributed by atoms with Gasteiger partial charge in [-0.05, 0) is 19.5 Å². The molecule has 0 aliphatic rings. The van der Waals surface area contributed by atoms with Gasteiger partial charge in [-0.3, -0.25) is 9.78 Å². The second-order valence-corrected chi connectivity index (χ2v) is 3.97. The molecule has 1 heterocycles. The summed E-state index contributed by atoms with van der Waals surface area (Å²) < 4.78 is 0. The minimum atomic E-state index is -0.0663. The zero-order valence-electron chi connectivity index (χ0n) is 9.46. The van der Waals surface area contributed by atoms with Crippen molar-refractivity contribution >= 4 is 23.2 Å². The standard InChI is InChI=1S/C11H16ClN3O/c1-3-14-8(2)6-11(16)15-10-7-13-5-4-9(10)12/h4-5,7-8,14H,3,6H2,1-2H3,(H,15,16). The molecular weight excluding hydrogens is 226 g/mol. The summed E-state index contributed by atoms with van der Waals surface area (Å²) >= 11 is 5.90. The molecule has 2 N–H and O–H groups in total. The molecule has 1 amide bonds. The van der Waals surface area contributed by atoms with Crippen molar-refractivity contribution in [1.29, 1.82) is 0 Å². The molecular formula is C11H16ClN3O. The highest BCUT2D eigenvalue weighted by Gasteiger charge is 2.09. The zero-order valence-corrected chi connectivity index (χ0v) is 10.2. The number of amides is 1. The Balaban J connectivity index is 2.49. The lowest BCUT2D eigenvalue weighted by Crippen LogP contribution is -2.30. The Labute approximate surface area is 100 Å². The van der Waals surface area contributed by atoms with Crippen LogP contribution in [0, 0.1) is 0 Å². The Hall–Kier alpha value is -1.13. The smallest absolute Gasteiger partial charge is 0.226 e. The summed E-state index contributed by atoms with van der Waals surface area (Å²) in [5, 5.41) is 6.39. The first-order valence-electron chi connectivity index (χ1n) is 5.26. The van der Waals surface area contributed by atoms with E-state index >= 15 is 0 Å². The molecule has 0 saturated heterocycles. The molecule has 1 aromatic heterocycles. The quantitative estimate of drug-likeness (QED) is 0.830. The largest absolute Gasteiger partial charge is 0.323 e. The van der Waals surface area contributed by atoms with Gasteiger partial charge in [0.05, 0.1) is 16.9 Å². The third-order valence-corrected chi connectivity index (χ3v) is 2.42. The number of anilines is 1. The summed E-state index contributed by atoms with van der Waals surface area (Å²) in [5.41, 5.74) is 0.554. The van der Waals surface area contributed by atoms with E-state index in [0.29, 0.717) is 17.1 Å². The average molecular weight is 242 g/mol. The van der Waals surface area contributed by atoms with Gasteiger partial charge in [0, 0.05) is 18.7 Å². The van der Waals surface area contributed by atoms with E-state index in [9.17, 15) is 4.79 Å². The van der Waals surface area contributed by atoms with Gasteiger partial charge in [0.1, 0.15) is 0 Å². The van der Waals surface area contributed by atoms with Gasteiger partial charge < -0.3 is 10.6 Å². The molecule has 0 aliphatic heterocycles. The molecule has 0 aliphatic carbocycles. The van der Waals surface area contributed by atoms with Gasteiger partial charge in [0.25, 0.3) is 0 Å². The maximum absolute atomic E-state index is 11.6. The van der Waals surface area contributed by atoms with E-state index in [1.165, 1.54) is 6.20 Å². The SMILES string of the molecule is CCNC(C)CC(=O)Nc1cnccc1Cl. The minimum absolute atomic E-state index is 0.0663. The van der Waals surface area contributed by atoms with E-state index in [-0.39, 0.29) is 11.9 Å². The number of rotatable bonds is 5. The molecule has 16 heavy (non-hydrogen) atoms. The summed E-state index contributed by atoms with van der Waals surface area (Å²) in [6.45, 7) is 4.82. The van der Waals surface area contributed by atoms with Crippen molar-refractivity contribution in [2.24, 2.45) is 0 Å². The number of hydrogen-bond acceptors (Lipinski definition) is 3. The van der Waals surface area contributed by atoms with Crippen molar-refractivity contribution in [1.82, 2.24) is 10.3 Å². The molecule has 0 fully saturated rings. The maximum Gasteiger partial charge on any atom is 0.226 e. The molecule has 0 aromatic carbocycles. The number of aromatic nitrogens is 1. The molecule has 0 bridgehead atoms. The van der Waals surface area contributed by atoms with Crippen LogP contribution in [0.3, 0.4) is 0 Å². The van der Waals surface area contributed by atoms with Crippen LogP contribution >= 0.6 is 11.6 Å². The summed E-state index contributed by atoms with van der Waals surface area (Å²) in [6, 6.07) is 1.80. The van der Waals surface area contributed by atoms with Crippen molar-refractivity contribution in [3.8, 4) is 0 Å². The van der Waals surface area contributed by atoms with Crippen LogP contribution < -0.4 is 10.6 Å². The minimum Gasteiger partial charge on any atom is -0.323 e. The van der Waals surface area contributed by atoms with Gasteiger partial charge in [-0.25, -0.2) is 0 Å². The Morgan fingerprint density at radius 3 is 3.00 bits per heavy atom. The highest BCUT2D eigenvalue weighted by Crippen LogP contribution is 2.19. The van der Waals surface area contributed by atoms with Crippen LogP contribution in [0.4, 0.5) is 5.69 Å². The van der Waals surface area contributed by atoms with Crippen molar-refractivity contribution in [3.05, 3.63) is 23.5 Å². The van der Waals surface area contributed by atoms with Crippen LogP contribution in [0.25, 0.3) is 0 Å². The average Bonchev–Trinajstić information content (AvgIpc) is 2.21. The van der Waals surface area contributed by atoms with Crippen LogP contribution in [-0.4, -0.2) is 23.5 Å². The summed E-state index contributed by atoms with van der Waals surface area (Å²) in [7, 11) is 0. The summed E-state index contributed by atoms with van der Waals surface area (Å²) in [5.74, 6) is -0.0663. The number of nitrogens with one attached hydrogen (secondary N) is 2. The molecule has 88 valence electrons. The topological polar surface area (TPSA) is 54.0 Å². The fourth-order valence-corrected chi connectivity index (χ4v) is 1.52. The first-order chi connectivity index (χ1) is 7.63. The lowest BCUT2D eigenvalue weighted by Gasteiger charge is -2.12. The summed E-state index contributed by atoms with van der Waals surface area (Å²) in [6.07, 6.45) is 3.54. The highest BCUT2D eigenvalue weighted by molar-refractivity contribution is 6.33. The fraction of sp³-hybridized carbons (Fsp3) is 0.455. The first kappa shape index (κ1) is 12.9. The lowest BCUT2D eigenvalue weighted by atomic mass is 10.2. The highest BCUT2D eigenvalue weighted by atomic mass is 35.5. The monoisotopic (exact) mass is 241 g/mol. The predicted molar refractivity (Wildman–Crippen MR) is 65.6 cm³/mol. The number of carbonyl (C=O) groups excluding carboxylic acids is 1. The molecule has 0 spiro atoms. The molecule has 4 nitrogen and oxygen atoms in total. The normalized spacial score (nSPS) is 12.2. The number of halogens is 1. The Kier molecular flexibility index (Phi) is 5.22. The number of carbonyl (C=O) groups is 1. The Bertz CT molecular complexity index is 357. The van der Waals surface area contributed by atoms with Gasteiger partial charge in [-0.15, -0.1) is 0 Å². The first-order valence-corrected chi connectivity index (χ1v) is 5.64. The Morgan fingerprint density at radius 2 is 2.38 bits per heavy atom.